The van der Waals surface area contributed by atoms with Gasteiger partial charge in [0.15, 0.2) is 0 Å². The average Bonchev–Trinajstić information content (AvgIpc) is 2.41. The molecule has 1 saturated carbocycles. The van der Waals surface area contributed by atoms with E-state index in [-0.39, 0.29) is 5.91 Å². The maximum Gasteiger partial charge on any atom is 0.254 e. The molecule has 0 spiro atoms. The Morgan fingerprint density at radius 3 is 2.78 bits per heavy atom. The molecule has 1 amide bonds. The van der Waals surface area contributed by atoms with Gasteiger partial charge in [0.05, 0.1) is 5.56 Å². The molecule has 0 aliphatic heterocycles. The van der Waals surface area contributed by atoms with Gasteiger partial charge < -0.3 is 5.32 Å². The van der Waals surface area contributed by atoms with Gasteiger partial charge in [-0.15, -0.1) is 11.8 Å². The van der Waals surface area contributed by atoms with Crippen molar-refractivity contribution in [3.63, 3.8) is 0 Å². The Bertz CT molecular complexity index is 414. The Morgan fingerprint density at radius 2 is 2.11 bits per heavy atom. The molecule has 0 atom stereocenters. The molecule has 1 aromatic heterocycles. The van der Waals surface area contributed by atoms with Gasteiger partial charge in [-0.3, -0.25) is 4.79 Å². The van der Waals surface area contributed by atoms with Crippen molar-refractivity contribution in [3.8, 4) is 0 Å². The summed E-state index contributed by atoms with van der Waals surface area (Å²) in [5.74, 6) is 0.824. The number of hydrogen-bond acceptors (Lipinski definition) is 3. The molecule has 3 nitrogen and oxygen atoms in total. The van der Waals surface area contributed by atoms with Crippen molar-refractivity contribution in [3.05, 3.63) is 23.9 Å². The SMILES string of the molecule is CSc1ncccc1C(=O)NC1CCC(C)CC1. The van der Waals surface area contributed by atoms with E-state index in [0.717, 1.165) is 23.8 Å². The standard InChI is InChI=1S/C14H20N2OS/c1-10-5-7-11(8-6-10)16-13(17)12-4-3-9-15-14(12)18-2/h3-4,9-11H,5-8H2,1-2H3,(H,16,17). The molecule has 1 aliphatic carbocycles. The maximum atomic E-state index is 12.2. The van der Waals surface area contributed by atoms with Crippen LogP contribution in [0.2, 0.25) is 0 Å². The molecule has 1 N–H and O–H groups in total. The Kier molecular flexibility index (Phi) is 4.64. The fourth-order valence-corrected chi connectivity index (χ4v) is 2.94. The lowest BCUT2D eigenvalue weighted by atomic mass is 9.87. The van der Waals surface area contributed by atoms with Crippen molar-refractivity contribution < 1.29 is 4.79 Å². The maximum absolute atomic E-state index is 12.2. The normalized spacial score (nSPS) is 23.7. The fourth-order valence-electron chi connectivity index (χ4n) is 2.39. The summed E-state index contributed by atoms with van der Waals surface area (Å²) in [5.41, 5.74) is 0.698. The van der Waals surface area contributed by atoms with Gasteiger partial charge in [-0.2, -0.15) is 0 Å². The molecule has 98 valence electrons. The highest BCUT2D eigenvalue weighted by Gasteiger charge is 2.21. The lowest BCUT2D eigenvalue weighted by molar-refractivity contribution is 0.0919. The summed E-state index contributed by atoms with van der Waals surface area (Å²) in [4.78, 5) is 16.4. The van der Waals surface area contributed by atoms with E-state index in [1.807, 2.05) is 18.4 Å². The van der Waals surface area contributed by atoms with Gasteiger partial charge in [0.2, 0.25) is 0 Å². The van der Waals surface area contributed by atoms with E-state index in [2.05, 4.69) is 17.2 Å². The molecule has 0 aromatic carbocycles. The van der Waals surface area contributed by atoms with Crippen molar-refractivity contribution in [2.75, 3.05) is 6.26 Å². The number of carbonyl (C=O) groups is 1. The fraction of sp³-hybridized carbons (Fsp3) is 0.571. The average molecular weight is 264 g/mol. The highest BCUT2D eigenvalue weighted by Crippen LogP contribution is 2.24. The van der Waals surface area contributed by atoms with Crippen molar-refractivity contribution in [1.82, 2.24) is 10.3 Å². The molecular formula is C14H20N2OS. The molecule has 0 radical (unpaired) electrons. The molecule has 2 rings (SSSR count). The first-order chi connectivity index (χ1) is 8.70. The summed E-state index contributed by atoms with van der Waals surface area (Å²) in [6, 6.07) is 4.00. The summed E-state index contributed by atoms with van der Waals surface area (Å²) >= 11 is 1.51. The van der Waals surface area contributed by atoms with Gasteiger partial charge in [-0.05, 0) is 50.0 Å². The number of rotatable bonds is 3. The van der Waals surface area contributed by atoms with Crippen LogP contribution in [-0.4, -0.2) is 23.2 Å². The number of amides is 1. The Hall–Kier alpha value is -1.03. The van der Waals surface area contributed by atoms with Gasteiger partial charge >= 0.3 is 0 Å². The third kappa shape index (κ3) is 3.25. The minimum absolute atomic E-state index is 0.0204. The molecule has 0 unspecified atom stereocenters. The van der Waals surface area contributed by atoms with E-state index in [1.165, 1.54) is 24.6 Å². The van der Waals surface area contributed by atoms with Crippen molar-refractivity contribution in [1.29, 1.82) is 0 Å². The van der Waals surface area contributed by atoms with E-state index < -0.39 is 0 Å². The topological polar surface area (TPSA) is 42.0 Å². The van der Waals surface area contributed by atoms with Gasteiger partial charge in [0.1, 0.15) is 5.03 Å². The van der Waals surface area contributed by atoms with Crippen LogP contribution in [0, 0.1) is 5.92 Å². The van der Waals surface area contributed by atoms with Crippen LogP contribution in [0.25, 0.3) is 0 Å². The second kappa shape index (κ2) is 6.23. The lowest BCUT2D eigenvalue weighted by Gasteiger charge is -2.27. The van der Waals surface area contributed by atoms with Crippen LogP contribution in [0.4, 0.5) is 0 Å². The lowest BCUT2D eigenvalue weighted by Crippen LogP contribution is -2.37. The zero-order valence-corrected chi connectivity index (χ0v) is 11.8. The van der Waals surface area contributed by atoms with E-state index in [4.69, 9.17) is 0 Å². The summed E-state index contributed by atoms with van der Waals surface area (Å²) in [7, 11) is 0. The highest BCUT2D eigenvalue weighted by atomic mass is 32.2. The number of pyridine rings is 1. The second-order valence-corrected chi connectivity index (χ2v) is 5.79. The number of thioether (sulfide) groups is 1. The molecule has 1 fully saturated rings. The molecule has 18 heavy (non-hydrogen) atoms. The number of carbonyl (C=O) groups excluding carboxylic acids is 1. The van der Waals surface area contributed by atoms with Crippen LogP contribution < -0.4 is 5.32 Å². The zero-order chi connectivity index (χ0) is 13.0. The molecule has 0 saturated heterocycles. The number of nitrogens with zero attached hydrogens (tertiary/aromatic N) is 1. The van der Waals surface area contributed by atoms with Crippen LogP contribution >= 0.6 is 11.8 Å². The molecule has 0 bridgehead atoms. The van der Waals surface area contributed by atoms with Gasteiger partial charge in [-0.1, -0.05) is 6.92 Å². The van der Waals surface area contributed by atoms with Crippen LogP contribution in [0.5, 0.6) is 0 Å². The Balaban J connectivity index is 1.99. The third-order valence-electron chi connectivity index (χ3n) is 3.56. The van der Waals surface area contributed by atoms with Crippen LogP contribution in [0.15, 0.2) is 23.4 Å². The zero-order valence-electron chi connectivity index (χ0n) is 11.0. The first kappa shape index (κ1) is 13.4. The number of aromatic nitrogens is 1. The monoisotopic (exact) mass is 264 g/mol. The second-order valence-electron chi connectivity index (χ2n) is 4.99. The summed E-state index contributed by atoms with van der Waals surface area (Å²) in [6.45, 7) is 2.28. The van der Waals surface area contributed by atoms with Gasteiger partial charge in [0, 0.05) is 12.2 Å². The summed E-state index contributed by atoms with van der Waals surface area (Å²) < 4.78 is 0. The van der Waals surface area contributed by atoms with E-state index in [0.29, 0.717) is 11.6 Å². The first-order valence-electron chi connectivity index (χ1n) is 6.50. The smallest absolute Gasteiger partial charge is 0.254 e. The number of nitrogens with one attached hydrogen (secondary N) is 1. The van der Waals surface area contributed by atoms with Crippen LogP contribution in [-0.2, 0) is 0 Å². The third-order valence-corrected chi connectivity index (χ3v) is 4.27. The van der Waals surface area contributed by atoms with Crippen LogP contribution in [0.1, 0.15) is 43.0 Å². The van der Waals surface area contributed by atoms with Crippen LogP contribution in [0.3, 0.4) is 0 Å². The highest BCUT2D eigenvalue weighted by molar-refractivity contribution is 7.98. The van der Waals surface area contributed by atoms with E-state index in [1.54, 1.807) is 6.20 Å². The quantitative estimate of drug-likeness (QED) is 0.853. The first-order valence-corrected chi connectivity index (χ1v) is 7.73. The van der Waals surface area contributed by atoms with E-state index >= 15 is 0 Å². The Labute approximate surface area is 113 Å². The van der Waals surface area contributed by atoms with Crippen molar-refractivity contribution in [2.45, 2.75) is 43.7 Å². The minimum atomic E-state index is 0.0204. The van der Waals surface area contributed by atoms with Crippen molar-refractivity contribution in [2.24, 2.45) is 5.92 Å². The summed E-state index contributed by atoms with van der Waals surface area (Å²) in [6.07, 6.45) is 8.30. The predicted octanol–water partition coefficient (Wildman–Crippen LogP) is 3.11. The minimum Gasteiger partial charge on any atom is -0.349 e. The molecule has 1 aromatic rings. The summed E-state index contributed by atoms with van der Waals surface area (Å²) in [5, 5.41) is 3.94. The van der Waals surface area contributed by atoms with Crippen molar-refractivity contribution >= 4 is 17.7 Å². The Morgan fingerprint density at radius 1 is 1.39 bits per heavy atom. The molecule has 1 heterocycles. The molecule has 1 aliphatic rings. The molecule has 4 heteroatoms. The number of hydrogen-bond donors (Lipinski definition) is 1. The molecular weight excluding hydrogens is 244 g/mol. The predicted molar refractivity (Wildman–Crippen MR) is 74.9 cm³/mol. The van der Waals surface area contributed by atoms with Gasteiger partial charge in [-0.25, -0.2) is 4.98 Å². The van der Waals surface area contributed by atoms with E-state index in [9.17, 15) is 4.79 Å². The largest absolute Gasteiger partial charge is 0.349 e. The van der Waals surface area contributed by atoms with Gasteiger partial charge in [0.25, 0.3) is 5.91 Å².